The van der Waals surface area contributed by atoms with Crippen LogP contribution in [0, 0.1) is 0 Å². The number of halogens is 6. The summed E-state index contributed by atoms with van der Waals surface area (Å²) in [6, 6.07) is 10.6. The van der Waals surface area contributed by atoms with Crippen LogP contribution in [0.1, 0.15) is 48.1 Å². The van der Waals surface area contributed by atoms with Crippen LogP contribution in [0.25, 0.3) is 0 Å². The van der Waals surface area contributed by atoms with E-state index < -0.39 is 35.1 Å². The van der Waals surface area contributed by atoms with Crippen LogP contribution in [0.2, 0.25) is 0 Å². The van der Waals surface area contributed by atoms with Gasteiger partial charge in [-0.2, -0.15) is 26.3 Å². The molecule has 1 aliphatic heterocycles. The minimum absolute atomic E-state index is 0.0313. The lowest BCUT2D eigenvalue weighted by Crippen LogP contribution is -2.28. The largest absolute Gasteiger partial charge is 0.416 e. The van der Waals surface area contributed by atoms with E-state index in [0.717, 1.165) is 5.56 Å². The summed E-state index contributed by atoms with van der Waals surface area (Å²) in [7, 11) is 0. The lowest BCUT2D eigenvalue weighted by atomic mass is 9.89. The topological polar surface area (TPSA) is 47.6 Å². The van der Waals surface area contributed by atoms with E-state index in [1.807, 2.05) is 30.3 Å². The molecule has 2 atom stereocenters. The normalized spacial score (nSPS) is 20.8. The van der Waals surface area contributed by atoms with E-state index in [9.17, 15) is 26.3 Å². The summed E-state index contributed by atoms with van der Waals surface area (Å²) < 4.78 is 84.5. The molecule has 0 aliphatic carbocycles. The van der Waals surface area contributed by atoms with E-state index >= 15 is 0 Å². The van der Waals surface area contributed by atoms with Gasteiger partial charge < -0.3 is 10.5 Å². The van der Waals surface area contributed by atoms with Crippen molar-refractivity contribution in [2.45, 2.75) is 43.8 Å². The van der Waals surface area contributed by atoms with E-state index in [0.29, 0.717) is 30.8 Å². The Balaban J connectivity index is 1.89. The number of alkyl halides is 6. The van der Waals surface area contributed by atoms with Crippen molar-refractivity contribution in [2.24, 2.45) is 10.7 Å². The van der Waals surface area contributed by atoms with Gasteiger partial charge in [-0.15, -0.1) is 0 Å². The van der Waals surface area contributed by atoms with Crippen molar-refractivity contribution in [3.8, 4) is 0 Å². The fourth-order valence-electron chi connectivity index (χ4n) is 3.44. The van der Waals surface area contributed by atoms with Gasteiger partial charge in [0.2, 0.25) is 0 Å². The smallest absolute Gasteiger partial charge is 0.387 e. The minimum atomic E-state index is -4.91. The highest BCUT2D eigenvalue weighted by molar-refractivity contribution is 5.83. The van der Waals surface area contributed by atoms with Gasteiger partial charge in [0.15, 0.2) is 0 Å². The molecule has 2 aromatic rings. The first-order valence-corrected chi connectivity index (χ1v) is 9.21. The van der Waals surface area contributed by atoms with Crippen molar-refractivity contribution in [1.29, 1.82) is 0 Å². The molecule has 0 aromatic heterocycles. The molecule has 2 aromatic carbocycles. The highest BCUT2D eigenvalue weighted by atomic mass is 19.4. The molecule has 0 saturated carbocycles. The van der Waals surface area contributed by atoms with E-state index in [1.54, 1.807) is 0 Å². The lowest BCUT2D eigenvalue weighted by molar-refractivity contribution is -0.143. The molecule has 0 fully saturated rings. The zero-order valence-corrected chi connectivity index (χ0v) is 16.0. The van der Waals surface area contributed by atoms with Crippen LogP contribution in [0.5, 0.6) is 0 Å². The van der Waals surface area contributed by atoms with Crippen LogP contribution in [0.3, 0.4) is 0 Å². The van der Waals surface area contributed by atoms with Crippen molar-refractivity contribution in [3.05, 3.63) is 70.8 Å². The number of hydrogen-bond donors (Lipinski definition) is 1. The summed E-state index contributed by atoms with van der Waals surface area (Å²) in [5.41, 5.74) is 2.88. The number of rotatable bonds is 5. The molecule has 3 nitrogen and oxygen atoms in total. The maximum Gasteiger partial charge on any atom is 0.416 e. The number of nitrogens with two attached hydrogens (primary N) is 1. The number of benzene rings is 2. The van der Waals surface area contributed by atoms with Crippen LogP contribution >= 0.6 is 0 Å². The zero-order chi connectivity index (χ0) is 22.2. The number of ether oxygens (including phenoxy) is 1. The molecular weight excluding hydrogens is 410 g/mol. The Morgan fingerprint density at radius 2 is 1.57 bits per heavy atom. The summed E-state index contributed by atoms with van der Waals surface area (Å²) in [5.74, 6) is 0.425. The second kappa shape index (κ2) is 7.94. The van der Waals surface area contributed by atoms with Gasteiger partial charge in [-0.25, -0.2) is 0 Å². The third kappa shape index (κ3) is 4.77. The summed E-state index contributed by atoms with van der Waals surface area (Å²) in [6.07, 6.45) is -9.79. The Kier molecular flexibility index (Phi) is 5.86. The maximum absolute atomic E-state index is 13.1. The van der Waals surface area contributed by atoms with Crippen molar-refractivity contribution in [3.63, 3.8) is 0 Å². The lowest BCUT2D eigenvalue weighted by Gasteiger charge is -2.28. The summed E-state index contributed by atoms with van der Waals surface area (Å²) in [5, 5.41) is 0. The van der Waals surface area contributed by atoms with Gasteiger partial charge >= 0.3 is 12.4 Å². The predicted octanol–water partition coefficient (Wildman–Crippen LogP) is 5.85. The Labute approximate surface area is 169 Å². The second-order valence-corrected chi connectivity index (χ2v) is 7.29. The molecule has 0 radical (unpaired) electrons. The van der Waals surface area contributed by atoms with E-state index in [1.165, 1.54) is 6.92 Å². The Morgan fingerprint density at radius 3 is 2.03 bits per heavy atom. The van der Waals surface area contributed by atoms with E-state index in [-0.39, 0.29) is 18.2 Å². The average Bonchev–Trinajstić information content (AvgIpc) is 3.07. The van der Waals surface area contributed by atoms with Gasteiger partial charge in [0.25, 0.3) is 0 Å². The Morgan fingerprint density at radius 1 is 1.00 bits per heavy atom. The monoisotopic (exact) mass is 430 g/mol. The third-order valence-corrected chi connectivity index (χ3v) is 5.12. The first kappa shape index (κ1) is 22.1. The van der Waals surface area contributed by atoms with Crippen molar-refractivity contribution >= 4 is 5.84 Å². The van der Waals surface area contributed by atoms with Crippen molar-refractivity contribution < 1.29 is 31.1 Å². The van der Waals surface area contributed by atoms with E-state index in [4.69, 9.17) is 10.5 Å². The van der Waals surface area contributed by atoms with Crippen LogP contribution in [-0.2, 0) is 22.6 Å². The standard InChI is InChI=1S/C21H20F6N2O/c1-13(14-9-16(20(22,23)24)11-17(10-14)21(25,26)27)30-12-19(8-7-18(28)29-19)15-5-3-2-4-6-15/h2-6,9-11,13H,7-8,12H2,1H3,(H2,28,29)/t13-,19-/m1/s1. The van der Waals surface area contributed by atoms with Gasteiger partial charge in [0, 0.05) is 6.42 Å². The highest BCUT2D eigenvalue weighted by Gasteiger charge is 2.39. The average molecular weight is 430 g/mol. The number of nitrogens with zero attached hydrogens (tertiary/aromatic N) is 1. The number of hydrogen-bond acceptors (Lipinski definition) is 3. The Hall–Kier alpha value is -2.55. The summed E-state index contributed by atoms with van der Waals surface area (Å²) >= 11 is 0. The van der Waals surface area contributed by atoms with Gasteiger partial charge in [-0.05, 0) is 42.7 Å². The third-order valence-electron chi connectivity index (χ3n) is 5.12. The van der Waals surface area contributed by atoms with Crippen LogP contribution < -0.4 is 5.73 Å². The molecule has 0 amide bonds. The first-order chi connectivity index (χ1) is 13.9. The minimum Gasteiger partial charge on any atom is -0.387 e. The van der Waals surface area contributed by atoms with Gasteiger partial charge in [0.05, 0.1) is 29.7 Å². The summed E-state index contributed by atoms with van der Waals surface area (Å²) in [4.78, 5) is 4.48. The van der Waals surface area contributed by atoms with Gasteiger partial charge in [0.1, 0.15) is 5.54 Å². The number of amidine groups is 1. The van der Waals surface area contributed by atoms with E-state index in [2.05, 4.69) is 4.99 Å². The van der Waals surface area contributed by atoms with Crippen molar-refractivity contribution in [2.75, 3.05) is 6.61 Å². The van der Waals surface area contributed by atoms with Gasteiger partial charge in [-0.1, -0.05) is 30.3 Å². The number of aliphatic imine (C=N–C) groups is 1. The quantitative estimate of drug-likeness (QED) is 0.605. The highest BCUT2D eigenvalue weighted by Crippen LogP contribution is 2.40. The maximum atomic E-state index is 13.1. The van der Waals surface area contributed by atoms with Crippen molar-refractivity contribution in [1.82, 2.24) is 0 Å². The molecule has 30 heavy (non-hydrogen) atoms. The first-order valence-electron chi connectivity index (χ1n) is 9.21. The van der Waals surface area contributed by atoms with Crippen LogP contribution in [0.15, 0.2) is 53.5 Å². The molecule has 1 aliphatic rings. The molecule has 0 saturated heterocycles. The predicted molar refractivity (Wildman–Crippen MR) is 99.8 cm³/mol. The molecule has 162 valence electrons. The van der Waals surface area contributed by atoms with Gasteiger partial charge in [-0.3, -0.25) is 4.99 Å². The second-order valence-electron chi connectivity index (χ2n) is 7.29. The zero-order valence-electron chi connectivity index (χ0n) is 16.0. The molecule has 2 N–H and O–H groups in total. The summed E-state index contributed by atoms with van der Waals surface area (Å²) in [6.45, 7) is 1.38. The molecule has 0 spiro atoms. The molecule has 0 unspecified atom stereocenters. The van der Waals surface area contributed by atoms with Crippen LogP contribution in [0.4, 0.5) is 26.3 Å². The Bertz CT molecular complexity index is 891. The van der Waals surface area contributed by atoms with Crippen LogP contribution in [-0.4, -0.2) is 12.4 Å². The molecular formula is C21H20F6N2O. The molecule has 9 heteroatoms. The fourth-order valence-corrected chi connectivity index (χ4v) is 3.44. The molecule has 0 bridgehead atoms. The SMILES string of the molecule is C[C@@H](OC[C@@]1(c2ccccc2)CCC(N)=N1)c1cc(C(F)(F)F)cc(C(F)(F)F)c1. The molecule has 3 rings (SSSR count). The molecule has 1 heterocycles. The fraction of sp³-hybridized carbons (Fsp3) is 0.381.